The topological polar surface area (TPSA) is 12.0 Å². The Morgan fingerprint density at radius 1 is 1.10 bits per heavy atom. The predicted molar refractivity (Wildman–Crippen MR) is 81.4 cm³/mol. The smallest absolute Gasteiger partial charge is 0.173 e. The third-order valence-corrected chi connectivity index (χ3v) is 4.32. The second kappa shape index (κ2) is 6.39. The van der Waals surface area contributed by atoms with Gasteiger partial charge < -0.3 is 5.32 Å². The van der Waals surface area contributed by atoms with Gasteiger partial charge in [-0.15, -0.1) is 0 Å². The lowest BCUT2D eigenvalue weighted by Gasteiger charge is -2.20. The van der Waals surface area contributed by atoms with Crippen molar-refractivity contribution < 1.29 is 8.78 Å². The van der Waals surface area contributed by atoms with Crippen LogP contribution in [0.15, 0.2) is 34.8 Å². The SMILES string of the molecule is CNC(c1cc(Cl)ccc1Cl)c1ccc(F)c(F)c1Br. The van der Waals surface area contributed by atoms with E-state index in [1.54, 1.807) is 25.2 Å². The standard InChI is InChI=1S/C14H10BrCl2F2N/c1-20-14(9-6-7(16)2-4-10(9)17)8-3-5-11(18)13(19)12(8)15/h2-6,14,20H,1H3. The lowest BCUT2D eigenvalue weighted by atomic mass is 9.98. The third kappa shape index (κ3) is 2.98. The van der Waals surface area contributed by atoms with Crippen LogP contribution in [0.2, 0.25) is 10.0 Å². The molecule has 2 rings (SSSR count). The summed E-state index contributed by atoms with van der Waals surface area (Å²) in [6.07, 6.45) is 0. The monoisotopic (exact) mass is 379 g/mol. The zero-order valence-electron chi connectivity index (χ0n) is 10.4. The molecule has 6 heteroatoms. The van der Waals surface area contributed by atoms with Crippen LogP contribution in [0.25, 0.3) is 0 Å². The number of hydrogen-bond donors (Lipinski definition) is 1. The van der Waals surface area contributed by atoms with Gasteiger partial charge in [-0.25, -0.2) is 8.78 Å². The van der Waals surface area contributed by atoms with Crippen molar-refractivity contribution in [1.82, 2.24) is 5.32 Å². The average molecular weight is 381 g/mol. The molecule has 1 nitrogen and oxygen atoms in total. The highest BCUT2D eigenvalue weighted by Crippen LogP contribution is 2.35. The van der Waals surface area contributed by atoms with Crippen molar-refractivity contribution in [2.75, 3.05) is 7.05 Å². The maximum atomic E-state index is 13.7. The van der Waals surface area contributed by atoms with Gasteiger partial charge >= 0.3 is 0 Å². The minimum absolute atomic E-state index is 0.0629. The van der Waals surface area contributed by atoms with Gasteiger partial charge in [-0.2, -0.15) is 0 Å². The molecule has 0 spiro atoms. The van der Waals surface area contributed by atoms with Crippen molar-refractivity contribution in [2.45, 2.75) is 6.04 Å². The average Bonchev–Trinajstić information content (AvgIpc) is 2.43. The summed E-state index contributed by atoms with van der Waals surface area (Å²) in [5.74, 6) is -1.84. The van der Waals surface area contributed by atoms with E-state index in [1.807, 2.05) is 0 Å². The van der Waals surface area contributed by atoms with Crippen LogP contribution in [0.5, 0.6) is 0 Å². The van der Waals surface area contributed by atoms with Crippen molar-refractivity contribution in [3.8, 4) is 0 Å². The van der Waals surface area contributed by atoms with Gasteiger partial charge in [0.15, 0.2) is 11.6 Å². The number of hydrogen-bond acceptors (Lipinski definition) is 1. The third-order valence-electron chi connectivity index (χ3n) is 2.93. The Balaban J connectivity index is 2.58. The minimum Gasteiger partial charge on any atom is -0.309 e. The molecule has 0 aliphatic carbocycles. The Morgan fingerprint density at radius 3 is 2.45 bits per heavy atom. The second-order valence-corrected chi connectivity index (χ2v) is 5.79. The number of benzene rings is 2. The number of nitrogens with one attached hydrogen (secondary N) is 1. The summed E-state index contributed by atoms with van der Waals surface area (Å²) in [6, 6.07) is 7.20. The lowest BCUT2D eigenvalue weighted by molar-refractivity contribution is 0.499. The number of rotatable bonds is 3. The van der Waals surface area contributed by atoms with E-state index in [0.29, 0.717) is 21.2 Å². The zero-order valence-corrected chi connectivity index (χ0v) is 13.5. The fourth-order valence-corrected chi connectivity index (χ4v) is 2.94. The number of halogens is 5. The summed E-state index contributed by atoms with van der Waals surface area (Å²) in [6.45, 7) is 0. The van der Waals surface area contributed by atoms with E-state index in [-0.39, 0.29) is 4.47 Å². The van der Waals surface area contributed by atoms with Gasteiger partial charge in [0, 0.05) is 10.0 Å². The molecular weight excluding hydrogens is 371 g/mol. The highest BCUT2D eigenvalue weighted by Gasteiger charge is 2.21. The van der Waals surface area contributed by atoms with Gasteiger partial charge in [-0.1, -0.05) is 29.3 Å². The van der Waals surface area contributed by atoms with E-state index in [9.17, 15) is 8.78 Å². The van der Waals surface area contributed by atoms with Crippen molar-refractivity contribution in [1.29, 1.82) is 0 Å². The molecule has 0 aliphatic heterocycles. The molecule has 0 fully saturated rings. The highest BCUT2D eigenvalue weighted by atomic mass is 79.9. The first-order valence-corrected chi connectivity index (χ1v) is 7.26. The minimum atomic E-state index is -0.930. The molecule has 0 radical (unpaired) electrons. The van der Waals surface area contributed by atoms with E-state index >= 15 is 0 Å². The molecular formula is C14H10BrCl2F2N. The summed E-state index contributed by atoms with van der Waals surface area (Å²) in [7, 11) is 1.70. The summed E-state index contributed by atoms with van der Waals surface area (Å²) >= 11 is 15.2. The predicted octanol–water partition coefficient (Wildman–Crippen LogP) is 5.34. The lowest BCUT2D eigenvalue weighted by Crippen LogP contribution is -2.19. The van der Waals surface area contributed by atoms with Crippen molar-refractivity contribution in [2.24, 2.45) is 0 Å². The molecule has 0 heterocycles. The highest BCUT2D eigenvalue weighted by molar-refractivity contribution is 9.10. The molecule has 0 amide bonds. The first-order valence-electron chi connectivity index (χ1n) is 5.71. The molecule has 0 bridgehead atoms. The molecule has 0 aromatic heterocycles. The van der Waals surface area contributed by atoms with Crippen molar-refractivity contribution in [3.05, 3.63) is 67.6 Å². The summed E-state index contributed by atoms with van der Waals surface area (Å²) in [4.78, 5) is 0. The Hall–Kier alpha value is -0.680. The molecule has 1 atom stereocenters. The van der Waals surface area contributed by atoms with Gasteiger partial charge in [-0.05, 0) is 58.4 Å². The van der Waals surface area contributed by atoms with E-state index in [4.69, 9.17) is 23.2 Å². The fraction of sp³-hybridized carbons (Fsp3) is 0.143. The van der Waals surface area contributed by atoms with Gasteiger partial charge in [0.1, 0.15) is 0 Å². The van der Waals surface area contributed by atoms with Gasteiger partial charge in [0.05, 0.1) is 10.5 Å². The molecule has 0 saturated heterocycles. The molecule has 0 aliphatic rings. The van der Waals surface area contributed by atoms with Gasteiger partial charge in [-0.3, -0.25) is 0 Å². The molecule has 0 saturated carbocycles. The Kier molecular flexibility index (Phi) is 5.02. The van der Waals surface area contributed by atoms with Crippen molar-refractivity contribution >= 4 is 39.1 Å². The Labute approximate surface area is 134 Å². The van der Waals surface area contributed by atoms with Crippen LogP contribution in [0.1, 0.15) is 17.2 Å². The first kappa shape index (κ1) is 15.7. The summed E-state index contributed by atoms with van der Waals surface area (Å²) in [5, 5.41) is 4.04. The normalized spacial score (nSPS) is 12.5. The van der Waals surface area contributed by atoms with Crippen LogP contribution in [-0.2, 0) is 0 Å². The van der Waals surface area contributed by atoms with Crippen LogP contribution in [-0.4, -0.2) is 7.05 Å². The molecule has 2 aromatic carbocycles. The molecule has 1 unspecified atom stereocenters. The fourth-order valence-electron chi connectivity index (χ4n) is 1.98. The molecule has 106 valence electrons. The summed E-state index contributed by atoms with van der Waals surface area (Å²) in [5.41, 5.74) is 1.23. The maximum absolute atomic E-state index is 13.7. The van der Waals surface area contributed by atoms with E-state index < -0.39 is 17.7 Å². The van der Waals surface area contributed by atoms with E-state index in [2.05, 4.69) is 21.2 Å². The van der Waals surface area contributed by atoms with Crippen LogP contribution >= 0.6 is 39.1 Å². The Morgan fingerprint density at radius 2 is 1.80 bits per heavy atom. The van der Waals surface area contributed by atoms with Crippen molar-refractivity contribution in [3.63, 3.8) is 0 Å². The molecule has 20 heavy (non-hydrogen) atoms. The van der Waals surface area contributed by atoms with Crippen LogP contribution in [0.4, 0.5) is 8.78 Å². The van der Waals surface area contributed by atoms with E-state index in [1.165, 1.54) is 6.07 Å². The maximum Gasteiger partial charge on any atom is 0.173 e. The van der Waals surface area contributed by atoms with Crippen LogP contribution < -0.4 is 5.32 Å². The Bertz CT molecular complexity index is 649. The van der Waals surface area contributed by atoms with Crippen LogP contribution in [0, 0.1) is 11.6 Å². The first-order chi connectivity index (χ1) is 9.45. The van der Waals surface area contributed by atoms with Gasteiger partial charge in [0.2, 0.25) is 0 Å². The molecule has 2 aromatic rings. The van der Waals surface area contributed by atoms with Gasteiger partial charge in [0.25, 0.3) is 0 Å². The van der Waals surface area contributed by atoms with E-state index in [0.717, 1.165) is 6.07 Å². The zero-order chi connectivity index (χ0) is 14.9. The van der Waals surface area contributed by atoms with Crippen LogP contribution in [0.3, 0.4) is 0 Å². The molecule has 1 N–H and O–H groups in total. The quantitative estimate of drug-likeness (QED) is 0.708. The second-order valence-electron chi connectivity index (χ2n) is 4.15. The summed E-state index contributed by atoms with van der Waals surface area (Å²) < 4.78 is 26.9. The largest absolute Gasteiger partial charge is 0.309 e.